The summed E-state index contributed by atoms with van der Waals surface area (Å²) in [5.41, 5.74) is 0.832. The molecule has 0 fully saturated rings. The number of benzene rings is 2. The molecule has 2 aromatic rings. The van der Waals surface area contributed by atoms with Gasteiger partial charge in [0.05, 0.1) is 5.97 Å². The number of carbonyl (C=O) groups excluding carboxylic acids is 2. The zero-order valence-corrected chi connectivity index (χ0v) is 10.5. The fourth-order valence-corrected chi connectivity index (χ4v) is 1.65. The molecule has 0 unspecified atom stereocenters. The number of carboxylic acids is 1. The molecule has 0 saturated heterocycles. The first kappa shape index (κ1) is 13.1. The Morgan fingerprint density at radius 2 is 1.68 bits per heavy atom. The highest BCUT2D eigenvalue weighted by Gasteiger charge is 2.06. The van der Waals surface area contributed by atoms with Gasteiger partial charge in [-0.3, -0.25) is 4.79 Å². The molecule has 0 aliphatic heterocycles. The molecule has 0 aliphatic rings. The zero-order chi connectivity index (χ0) is 13.8. The van der Waals surface area contributed by atoms with Gasteiger partial charge in [0.25, 0.3) is 5.91 Å². The summed E-state index contributed by atoms with van der Waals surface area (Å²) in [6.07, 6.45) is 0. The molecule has 0 saturated carbocycles. The van der Waals surface area contributed by atoms with Crippen molar-refractivity contribution in [3.63, 3.8) is 0 Å². The number of halogens is 1. The minimum absolute atomic E-state index is 0.00825. The molecule has 0 heterocycles. The van der Waals surface area contributed by atoms with Gasteiger partial charge in [-0.2, -0.15) is 0 Å². The highest BCUT2D eigenvalue weighted by molar-refractivity contribution is 6.30. The number of anilines is 1. The van der Waals surface area contributed by atoms with Crippen molar-refractivity contribution in [3.8, 4) is 0 Å². The SMILES string of the molecule is O=C([O-])c1cccc(NC(=O)c2ccc(Cl)cc2)c1. The number of carbonyl (C=O) groups is 2. The van der Waals surface area contributed by atoms with Crippen LogP contribution < -0.4 is 10.4 Å². The topological polar surface area (TPSA) is 69.2 Å². The summed E-state index contributed by atoms with van der Waals surface area (Å²) in [7, 11) is 0. The number of hydrogen-bond donors (Lipinski definition) is 1. The average Bonchev–Trinajstić information content (AvgIpc) is 2.39. The van der Waals surface area contributed by atoms with E-state index in [1.54, 1.807) is 30.3 Å². The van der Waals surface area contributed by atoms with Crippen molar-refractivity contribution < 1.29 is 14.7 Å². The minimum atomic E-state index is -1.29. The van der Waals surface area contributed by atoms with E-state index in [1.165, 1.54) is 18.2 Å². The summed E-state index contributed by atoms with van der Waals surface area (Å²) in [5, 5.41) is 13.8. The Morgan fingerprint density at radius 3 is 2.32 bits per heavy atom. The molecule has 0 bridgehead atoms. The fourth-order valence-electron chi connectivity index (χ4n) is 1.53. The van der Waals surface area contributed by atoms with Crippen molar-refractivity contribution in [2.45, 2.75) is 0 Å². The summed E-state index contributed by atoms with van der Waals surface area (Å²) in [4.78, 5) is 22.6. The Balaban J connectivity index is 2.17. The van der Waals surface area contributed by atoms with Gasteiger partial charge in [-0.15, -0.1) is 0 Å². The lowest BCUT2D eigenvalue weighted by Crippen LogP contribution is -2.22. The van der Waals surface area contributed by atoms with Crippen LogP contribution in [0.25, 0.3) is 0 Å². The molecule has 2 aromatic carbocycles. The Labute approximate surface area is 114 Å². The summed E-state index contributed by atoms with van der Waals surface area (Å²) in [6, 6.07) is 12.2. The van der Waals surface area contributed by atoms with E-state index in [4.69, 9.17) is 11.6 Å². The second-order valence-electron chi connectivity index (χ2n) is 3.83. The van der Waals surface area contributed by atoms with E-state index in [2.05, 4.69) is 5.32 Å². The first-order valence-electron chi connectivity index (χ1n) is 5.44. The van der Waals surface area contributed by atoms with Crippen LogP contribution in [0.1, 0.15) is 20.7 Å². The summed E-state index contributed by atoms with van der Waals surface area (Å²) in [6.45, 7) is 0. The van der Waals surface area contributed by atoms with Crippen LogP contribution in [-0.4, -0.2) is 11.9 Å². The second-order valence-corrected chi connectivity index (χ2v) is 4.27. The molecule has 0 radical (unpaired) electrons. The standard InChI is InChI=1S/C14H10ClNO3/c15-11-6-4-9(5-7-11)13(17)16-12-3-1-2-10(8-12)14(18)19/h1-8H,(H,16,17)(H,18,19)/p-1. The normalized spacial score (nSPS) is 9.95. The van der Waals surface area contributed by atoms with E-state index in [-0.39, 0.29) is 11.5 Å². The highest BCUT2D eigenvalue weighted by atomic mass is 35.5. The number of amides is 1. The number of nitrogens with one attached hydrogen (secondary N) is 1. The molecule has 0 spiro atoms. The maximum Gasteiger partial charge on any atom is 0.255 e. The molecule has 0 atom stereocenters. The van der Waals surface area contributed by atoms with Gasteiger partial charge in [-0.05, 0) is 42.0 Å². The Hall–Kier alpha value is -2.33. The van der Waals surface area contributed by atoms with Crippen LogP contribution in [0.5, 0.6) is 0 Å². The van der Waals surface area contributed by atoms with Crippen molar-refractivity contribution in [3.05, 3.63) is 64.7 Å². The predicted molar refractivity (Wildman–Crippen MR) is 70.2 cm³/mol. The monoisotopic (exact) mass is 274 g/mol. The van der Waals surface area contributed by atoms with Crippen LogP contribution in [0.2, 0.25) is 5.02 Å². The van der Waals surface area contributed by atoms with Crippen LogP contribution in [0.3, 0.4) is 0 Å². The van der Waals surface area contributed by atoms with E-state index < -0.39 is 5.97 Å². The first-order chi connectivity index (χ1) is 9.06. The van der Waals surface area contributed by atoms with E-state index in [0.717, 1.165) is 0 Å². The molecule has 4 nitrogen and oxygen atoms in total. The third-order valence-electron chi connectivity index (χ3n) is 2.46. The van der Waals surface area contributed by atoms with E-state index in [1.807, 2.05) is 0 Å². The fraction of sp³-hybridized carbons (Fsp3) is 0. The molecule has 19 heavy (non-hydrogen) atoms. The molecular formula is C14H9ClNO3-. The zero-order valence-electron chi connectivity index (χ0n) is 9.72. The lowest BCUT2D eigenvalue weighted by Gasteiger charge is -2.08. The molecular weight excluding hydrogens is 266 g/mol. The molecule has 1 amide bonds. The Kier molecular flexibility index (Phi) is 3.82. The molecule has 0 aromatic heterocycles. The lowest BCUT2D eigenvalue weighted by molar-refractivity contribution is -0.255. The lowest BCUT2D eigenvalue weighted by atomic mass is 10.2. The van der Waals surface area contributed by atoms with Gasteiger partial charge in [0.2, 0.25) is 0 Å². The van der Waals surface area contributed by atoms with Gasteiger partial charge in [0.1, 0.15) is 0 Å². The predicted octanol–water partition coefficient (Wildman–Crippen LogP) is 1.96. The summed E-state index contributed by atoms with van der Waals surface area (Å²) < 4.78 is 0. The van der Waals surface area contributed by atoms with Gasteiger partial charge in [0, 0.05) is 16.3 Å². The van der Waals surface area contributed by atoms with Crippen LogP contribution in [-0.2, 0) is 0 Å². The van der Waals surface area contributed by atoms with Crippen LogP contribution in [0.15, 0.2) is 48.5 Å². The van der Waals surface area contributed by atoms with Crippen molar-refractivity contribution in [2.24, 2.45) is 0 Å². The van der Waals surface area contributed by atoms with Crippen molar-refractivity contribution in [2.75, 3.05) is 5.32 Å². The molecule has 2 rings (SSSR count). The van der Waals surface area contributed by atoms with E-state index in [9.17, 15) is 14.7 Å². The number of rotatable bonds is 3. The maximum atomic E-state index is 11.9. The van der Waals surface area contributed by atoms with Crippen LogP contribution >= 0.6 is 11.6 Å². The van der Waals surface area contributed by atoms with Gasteiger partial charge in [0.15, 0.2) is 0 Å². The average molecular weight is 275 g/mol. The smallest absolute Gasteiger partial charge is 0.255 e. The molecule has 5 heteroatoms. The number of carboxylic acid groups (broad SMARTS) is 1. The van der Waals surface area contributed by atoms with Crippen LogP contribution in [0, 0.1) is 0 Å². The van der Waals surface area contributed by atoms with Crippen molar-refractivity contribution in [1.29, 1.82) is 0 Å². The minimum Gasteiger partial charge on any atom is -0.545 e. The summed E-state index contributed by atoms with van der Waals surface area (Å²) in [5.74, 6) is -1.63. The summed E-state index contributed by atoms with van der Waals surface area (Å²) >= 11 is 5.73. The van der Waals surface area contributed by atoms with Gasteiger partial charge in [-0.25, -0.2) is 0 Å². The van der Waals surface area contributed by atoms with Gasteiger partial charge >= 0.3 is 0 Å². The highest BCUT2D eigenvalue weighted by Crippen LogP contribution is 2.14. The van der Waals surface area contributed by atoms with Crippen molar-refractivity contribution in [1.82, 2.24) is 0 Å². The third kappa shape index (κ3) is 3.33. The second kappa shape index (κ2) is 5.54. The number of hydrogen-bond acceptors (Lipinski definition) is 3. The first-order valence-corrected chi connectivity index (χ1v) is 5.82. The van der Waals surface area contributed by atoms with Gasteiger partial charge < -0.3 is 15.2 Å². The van der Waals surface area contributed by atoms with Crippen LogP contribution in [0.4, 0.5) is 5.69 Å². The maximum absolute atomic E-state index is 11.9. The molecule has 0 aliphatic carbocycles. The van der Waals surface area contributed by atoms with E-state index in [0.29, 0.717) is 16.3 Å². The number of aromatic carboxylic acids is 1. The third-order valence-corrected chi connectivity index (χ3v) is 2.71. The van der Waals surface area contributed by atoms with Crippen molar-refractivity contribution >= 4 is 29.2 Å². The molecule has 1 N–H and O–H groups in total. The van der Waals surface area contributed by atoms with Gasteiger partial charge in [-0.1, -0.05) is 23.7 Å². The molecule has 96 valence electrons. The quantitative estimate of drug-likeness (QED) is 0.930. The Bertz CT molecular complexity index is 623. The Morgan fingerprint density at radius 1 is 1.00 bits per heavy atom. The van der Waals surface area contributed by atoms with E-state index >= 15 is 0 Å². The largest absolute Gasteiger partial charge is 0.545 e.